The average molecular weight is 180 g/mol. The van der Waals surface area contributed by atoms with E-state index in [0.29, 0.717) is 6.29 Å². The fourth-order valence-electron chi connectivity index (χ4n) is 0.934. The summed E-state index contributed by atoms with van der Waals surface area (Å²) in [6, 6.07) is 1.08. The molecule has 67 valence electrons. The van der Waals surface area contributed by atoms with Crippen molar-refractivity contribution in [3.8, 4) is 0 Å². The topological polar surface area (TPSA) is 47.0 Å². The van der Waals surface area contributed by atoms with Gasteiger partial charge in [-0.25, -0.2) is 4.39 Å². The maximum absolute atomic E-state index is 12.6. The van der Waals surface area contributed by atoms with Gasteiger partial charge in [-0.1, -0.05) is 0 Å². The Bertz CT molecular complexity index is 338. The fraction of sp³-hybridized carbons (Fsp3) is 0.222. The summed E-state index contributed by atoms with van der Waals surface area (Å²) < 4.78 is 12.6. The first-order valence-electron chi connectivity index (χ1n) is 3.64. The molecule has 1 heterocycles. The van der Waals surface area contributed by atoms with E-state index in [1.165, 1.54) is 6.92 Å². The van der Waals surface area contributed by atoms with Crippen LogP contribution in [0.15, 0.2) is 12.3 Å². The Morgan fingerprint density at radius 2 is 2.46 bits per heavy atom. The zero-order valence-electron chi connectivity index (χ0n) is 6.95. The zero-order chi connectivity index (χ0) is 9.84. The minimum atomic E-state index is -0.955. The van der Waals surface area contributed by atoms with Crippen molar-refractivity contribution < 1.29 is 14.0 Å². The molecule has 0 fully saturated rings. The predicted octanol–water partition coefficient (Wildman–Crippen LogP) is 0.892. The van der Waals surface area contributed by atoms with E-state index >= 15 is 0 Å². The molecule has 3 nitrogen and oxygen atoms in total. The number of rotatable bonds is 3. The van der Waals surface area contributed by atoms with Crippen LogP contribution in [0, 0.1) is 12.0 Å². The molecular formula is C9H7FNO2. The molecule has 0 N–H and O–H groups in total. The zero-order valence-corrected chi connectivity index (χ0v) is 6.95. The molecule has 4 heteroatoms. The summed E-state index contributed by atoms with van der Waals surface area (Å²) >= 11 is 0. The van der Waals surface area contributed by atoms with Crippen molar-refractivity contribution in [2.45, 2.75) is 12.8 Å². The van der Waals surface area contributed by atoms with Crippen molar-refractivity contribution in [1.29, 1.82) is 0 Å². The number of Topliss-reactive ketones (excluding diaryl/α,β-unsaturated/α-hetero) is 1. The van der Waals surface area contributed by atoms with E-state index in [2.05, 4.69) is 11.2 Å². The highest BCUT2D eigenvalue weighted by atomic mass is 19.1. The first kappa shape index (κ1) is 9.51. The highest BCUT2D eigenvalue weighted by Crippen LogP contribution is 2.13. The lowest BCUT2D eigenvalue weighted by Gasteiger charge is -2.04. The molecule has 1 atom stereocenters. The third kappa shape index (κ3) is 2.18. The van der Waals surface area contributed by atoms with Gasteiger partial charge in [0.15, 0.2) is 0 Å². The summed E-state index contributed by atoms with van der Waals surface area (Å²) in [5, 5.41) is 0. The van der Waals surface area contributed by atoms with E-state index in [0.717, 1.165) is 12.3 Å². The molecule has 1 aromatic rings. The average Bonchev–Trinajstić information content (AvgIpc) is 2.04. The van der Waals surface area contributed by atoms with Crippen LogP contribution < -0.4 is 0 Å². The number of halogens is 1. The molecule has 0 saturated heterocycles. The molecule has 0 bridgehead atoms. The second kappa shape index (κ2) is 3.89. The van der Waals surface area contributed by atoms with E-state index in [-0.39, 0.29) is 11.3 Å². The summed E-state index contributed by atoms with van der Waals surface area (Å²) in [6.07, 6.45) is 3.82. The predicted molar refractivity (Wildman–Crippen MR) is 42.5 cm³/mol. The van der Waals surface area contributed by atoms with Gasteiger partial charge < -0.3 is 4.79 Å². The van der Waals surface area contributed by atoms with Gasteiger partial charge in [-0.15, -0.1) is 0 Å². The van der Waals surface area contributed by atoms with Crippen molar-refractivity contribution in [3.05, 3.63) is 29.8 Å². The third-order valence-electron chi connectivity index (χ3n) is 1.58. The molecule has 0 amide bonds. The summed E-state index contributed by atoms with van der Waals surface area (Å²) in [4.78, 5) is 24.8. The van der Waals surface area contributed by atoms with Gasteiger partial charge in [-0.2, -0.15) is 0 Å². The van der Waals surface area contributed by atoms with Crippen LogP contribution in [0.1, 0.15) is 18.4 Å². The van der Waals surface area contributed by atoms with E-state index < -0.39 is 11.7 Å². The Morgan fingerprint density at radius 3 is 2.92 bits per heavy atom. The van der Waals surface area contributed by atoms with Crippen molar-refractivity contribution in [2.24, 2.45) is 0 Å². The molecule has 1 radical (unpaired) electrons. The van der Waals surface area contributed by atoms with Crippen LogP contribution >= 0.6 is 0 Å². The fourth-order valence-corrected chi connectivity index (χ4v) is 0.934. The van der Waals surface area contributed by atoms with Crippen molar-refractivity contribution >= 4 is 12.1 Å². The number of aldehydes is 1. The largest absolute Gasteiger partial charge is 0.302 e. The highest BCUT2D eigenvalue weighted by molar-refractivity contribution is 5.97. The first-order chi connectivity index (χ1) is 6.15. The summed E-state index contributed by atoms with van der Waals surface area (Å²) in [7, 11) is 0. The Labute approximate surface area is 74.6 Å². The summed E-state index contributed by atoms with van der Waals surface area (Å²) in [6.45, 7) is 1.26. The monoisotopic (exact) mass is 180 g/mol. The van der Waals surface area contributed by atoms with Crippen LogP contribution in [0.25, 0.3) is 0 Å². The summed E-state index contributed by atoms with van der Waals surface area (Å²) in [5.74, 6) is -1.89. The molecule has 1 unspecified atom stereocenters. The van der Waals surface area contributed by atoms with Gasteiger partial charge in [0.25, 0.3) is 0 Å². The molecule has 13 heavy (non-hydrogen) atoms. The van der Waals surface area contributed by atoms with Gasteiger partial charge in [0.1, 0.15) is 23.8 Å². The number of hydrogen-bond acceptors (Lipinski definition) is 3. The maximum Gasteiger partial charge on any atom is 0.144 e. The molecule has 1 aromatic heterocycles. The molecule has 0 aliphatic rings. The van der Waals surface area contributed by atoms with Crippen LogP contribution in [0.2, 0.25) is 0 Å². The molecule has 0 saturated carbocycles. The highest BCUT2D eigenvalue weighted by Gasteiger charge is 2.16. The molecular weight excluding hydrogens is 173 g/mol. The standard InChI is InChI=1S/C9H7FNO2/c1-6(13)9(5-12)7-2-8(10)4-11-3-7/h2,4-5,9H,1H3. The number of carbonyl (C=O) groups excluding carboxylic acids is 2. The summed E-state index contributed by atoms with van der Waals surface area (Å²) in [5.41, 5.74) is 0.169. The normalized spacial score (nSPS) is 12.2. The van der Waals surface area contributed by atoms with Gasteiger partial charge in [0, 0.05) is 5.56 Å². The second-order valence-corrected chi connectivity index (χ2v) is 2.58. The molecule has 0 aliphatic heterocycles. The Hall–Kier alpha value is -1.58. The number of carbonyl (C=O) groups is 2. The minimum Gasteiger partial charge on any atom is -0.302 e. The molecule has 0 spiro atoms. The van der Waals surface area contributed by atoms with Crippen LogP contribution in [0.5, 0.6) is 0 Å². The van der Waals surface area contributed by atoms with Crippen LogP contribution in [0.3, 0.4) is 0 Å². The molecule has 0 aromatic carbocycles. The van der Waals surface area contributed by atoms with Crippen LogP contribution in [-0.2, 0) is 9.59 Å². The number of nitrogens with zero attached hydrogens (tertiary/aromatic N) is 1. The van der Waals surface area contributed by atoms with Crippen LogP contribution in [0.4, 0.5) is 4.39 Å². The van der Waals surface area contributed by atoms with Gasteiger partial charge in [0.05, 0.1) is 12.4 Å². The Morgan fingerprint density at radius 1 is 1.77 bits per heavy atom. The van der Waals surface area contributed by atoms with Crippen molar-refractivity contribution in [1.82, 2.24) is 4.98 Å². The number of aromatic nitrogens is 1. The first-order valence-corrected chi connectivity index (χ1v) is 3.64. The maximum atomic E-state index is 12.6. The van der Waals surface area contributed by atoms with E-state index in [1.807, 2.05) is 0 Å². The Kier molecular flexibility index (Phi) is 2.84. The third-order valence-corrected chi connectivity index (χ3v) is 1.58. The van der Waals surface area contributed by atoms with E-state index in [4.69, 9.17) is 0 Å². The lowest BCUT2D eigenvalue weighted by Crippen LogP contribution is -2.10. The minimum absolute atomic E-state index is 0.169. The van der Waals surface area contributed by atoms with Crippen LogP contribution in [-0.4, -0.2) is 17.1 Å². The van der Waals surface area contributed by atoms with Gasteiger partial charge in [-0.3, -0.25) is 9.78 Å². The smallest absolute Gasteiger partial charge is 0.144 e. The lowest BCUT2D eigenvalue weighted by atomic mass is 9.99. The number of pyridine rings is 1. The van der Waals surface area contributed by atoms with Crippen molar-refractivity contribution in [3.63, 3.8) is 0 Å². The van der Waals surface area contributed by atoms with Gasteiger partial charge in [0.2, 0.25) is 0 Å². The number of hydrogen-bond donors (Lipinski definition) is 0. The van der Waals surface area contributed by atoms with E-state index in [1.54, 1.807) is 0 Å². The Balaban J connectivity index is 3.04. The second-order valence-electron chi connectivity index (χ2n) is 2.58. The molecule has 1 rings (SSSR count). The lowest BCUT2D eigenvalue weighted by molar-refractivity contribution is -0.122. The van der Waals surface area contributed by atoms with E-state index in [9.17, 15) is 14.0 Å². The van der Waals surface area contributed by atoms with Gasteiger partial charge >= 0.3 is 0 Å². The van der Waals surface area contributed by atoms with Crippen molar-refractivity contribution in [2.75, 3.05) is 0 Å². The number of ketones is 1. The van der Waals surface area contributed by atoms with Gasteiger partial charge in [-0.05, 0) is 13.0 Å². The quantitative estimate of drug-likeness (QED) is 0.512. The SMILES string of the molecule is CC(=O)C(C=O)c1[c]ncc(F)c1. The molecule has 0 aliphatic carbocycles.